The normalized spacial score (nSPS) is 11.8. The van der Waals surface area contributed by atoms with E-state index in [0.29, 0.717) is 6.54 Å². The lowest BCUT2D eigenvalue weighted by molar-refractivity contribution is 0.203. The third-order valence-corrected chi connectivity index (χ3v) is 3.88. The number of amides is 2. The number of carbonyl (C=O) groups is 1. The third-order valence-electron chi connectivity index (χ3n) is 3.88. The van der Waals surface area contributed by atoms with Crippen LogP contribution < -0.4 is 5.32 Å². The largest absolute Gasteiger partial charge is 0.331 e. The summed E-state index contributed by atoms with van der Waals surface area (Å²) >= 11 is 0. The van der Waals surface area contributed by atoms with Crippen molar-refractivity contribution in [1.29, 1.82) is 0 Å². The molecule has 128 valence electrons. The van der Waals surface area contributed by atoms with Gasteiger partial charge in [-0.2, -0.15) is 0 Å². The van der Waals surface area contributed by atoms with Crippen molar-refractivity contribution in [2.45, 2.75) is 19.5 Å². The summed E-state index contributed by atoms with van der Waals surface area (Å²) in [6.45, 7) is 2.36. The molecule has 2 amide bonds. The number of urea groups is 1. The molecule has 0 aliphatic heterocycles. The Labute approximate surface area is 146 Å². The highest BCUT2D eigenvalue weighted by Crippen LogP contribution is 2.17. The van der Waals surface area contributed by atoms with Crippen molar-refractivity contribution in [3.05, 3.63) is 72.8 Å². The van der Waals surface area contributed by atoms with Crippen LogP contribution in [0.4, 0.5) is 4.79 Å². The fourth-order valence-electron chi connectivity index (χ4n) is 2.47. The van der Waals surface area contributed by atoms with Crippen LogP contribution in [-0.2, 0) is 6.54 Å². The summed E-state index contributed by atoms with van der Waals surface area (Å²) in [7, 11) is 1.73. The van der Waals surface area contributed by atoms with Crippen molar-refractivity contribution in [2.24, 2.45) is 0 Å². The molecule has 3 rings (SSSR count). The van der Waals surface area contributed by atoms with E-state index < -0.39 is 0 Å². The van der Waals surface area contributed by atoms with Crippen molar-refractivity contribution in [1.82, 2.24) is 29.7 Å². The first-order chi connectivity index (χ1) is 12.1. The van der Waals surface area contributed by atoms with Gasteiger partial charge in [-0.25, -0.2) is 9.78 Å². The summed E-state index contributed by atoms with van der Waals surface area (Å²) in [5.74, 6) is 0. The molecule has 0 aliphatic rings. The molecule has 1 N–H and O–H groups in total. The lowest BCUT2D eigenvalue weighted by Crippen LogP contribution is -2.38. The predicted octanol–water partition coefficient (Wildman–Crippen LogP) is 2.56. The molecule has 1 atom stereocenters. The molecule has 2 heterocycles. The van der Waals surface area contributed by atoms with Crippen LogP contribution >= 0.6 is 0 Å². The van der Waals surface area contributed by atoms with Crippen molar-refractivity contribution in [2.75, 3.05) is 7.05 Å². The highest BCUT2D eigenvalue weighted by molar-refractivity contribution is 5.74. The maximum Gasteiger partial charge on any atom is 0.317 e. The minimum absolute atomic E-state index is 0.125. The van der Waals surface area contributed by atoms with Crippen LogP contribution in [0.15, 0.2) is 61.6 Å². The fourth-order valence-corrected chi connectivity index (χ4v) is 2.47. The number of hydrogen-bond acceptors (Lipinski definition) is 4. The molecule has 25 heavy (non-hydrogen) atoms. The molecule has 1 aromatic carbocycles. The predicted molar refractivity (Wildman–Crippen MR) is 94.0 cm³/mol. The summed E-state index contributed by atoms with van der Waals surface area (Å²) in [5.41, 5.74) is 2.77. The van der Waals surface area contributed by atoms with E-state index in [1.54, 1.807) is 43.1 Å². The van der Waals surface area contributed by atoms with Crippen molar-refractivity contribution in [3.8, 4) is 5.69 Å². The maximum absolute atomic E-state index is 12.4. The van der Waals surface area contributed by atoms with Crippen LogP contribution in [0.5, 0.6) is 0 Å². The lowest BCUT2D eigenvalue weighted by Gasteiger charge is -2.21. The summed E-state index contributed by atoms with van der Waals surface area (Å²) in [6, 6.07) is 7.71. The standard InChI is InChI=1S/C18H20N6O/c1-14(15-4-3-5-17(10-15)24-9-8-20-13-24)22-18(25)23(2)12-16-11-19-6-7-21-16/h3-11,13-14H,12H2,1-2H3,(H,22,25). The quantitative estimate of drug-likeness (QED) is 0.777. The Morgan fingerprint density at radius 1 is 1.28 bits per heavy atom. The molecule has 0 aliphatic carbocycles. The Balaban J connectivity index is 1.64. The van der Waals surface area contributed by atoms with E-state index in [2.05, 4.69) is 20.3 Å². The van der Waals surface area contributed by atoms with Gasteiger partial charge in [0, 0.05) is 37.5 Å². The summed E-state index contributed by atoms with van der Waals surface area (Å²) in [5, 5.41) is 3.00. The molecule has 2 aromatic heterocycles. The molecule has 3 aromatic rings. The SMILES string of the molecule is CC(NC(=O)N(C)Cc1cnccn1)c1cccc(-n2ccnc2)c1. The van der Waals surface area contributed by atoms with Crippen molar-refractivity contribution in [3.63, 3.8) is 0 Å². The number of rotatable bonds is 5. The molecule has 0 fully saturated rings. The molecule has 7 nitrogen and oxygen atoms in total. The second-order valence-corrected chi connectivity index (χ2v) is 5.79. The third kappa shape index (κ3) is 4.20. The molecule has 0 saturated carbocycles. The molecule has 0 saturated heterocycles. The molecule has 0 radical (unpaired) electrons. The van der Waals surface area contributed by atoms with Gasteiger partial charge in [-0.05, 0) is 24.6 Å². The van der Waals surface area contributed by atoms with Gasteiger partial charge < -0.3 is 14.8 Å². The summed E-state index contributed by atoms with van der Waals surface area (Å²) in [6.07, 6.45) is 10.2. The first-order valence-electron chi connectivity index (χ1n) is 7.98. The van der Waals surface area contributed by atoms with Crippen molar-refractivity contribution >= 4 is 6.03 Å². The molecular formula is C18H20N6O. The molecular weight excluding hydrogens is 316 g/mol. The topological polar surface area (TPSA) is 75.9 Å². The summed E-state index contributed by atoms with van der Waals surface area (Å²) in [4.78, 5) is 26.2. The zero-order chi connectivity index (χ0) is 17.6. The minimum Gasteiger partial charge on any atom is -0.331 e. The highest BCUT2D eigenvalue weighted by Gasteiger charge is 2.14. The van der Waals surface area contributed by atoms with Gasteiger partial charge in [-0.15, -0.1) is 0 Å². The number of hydrogen-bond donors (Lipinski definition) is 1. The second kappa shape index (κ2) is 7.57. The Morgan fingerprint density at radius 3 is 2.88 bits per heavy atom. The number of imidazole rings is 1. The Bertz CT molecular complexity index is 819. The van der Waals surface area contributed by atoms with Crippen molar-refractivity contribution < 1.29 is 4.79 Å². The molecule has 7 heteroatoms. The molecule has 1 unspecified atom stereocenters. The minimum atomic E-state index is -0.161. The highest BCUT2D eigenvalue weighted by atomic mass is 16.2. The van der Waals surface area contributed by atoms with E-state index in [9.17, 15) is 4.79 Å². The van der Waals surface area contributed by atoms with Gasteiger partial charge >= 0.3 is 6.03 Å². The fraction of sp³-hybridized carbons (Fsp3) is 0.222. The van der Waals surface area contributed by atoms with Gasteiger partial charge in [0.1, 0.15) is 0 Å². The van der Waals surface area contributed by atoms with E-state index in [1.807, 2.05) is 42.0 Å². The van der Waals surface area contributed by atoms with Crippen LogP contribution in [0.2, 0.25) is 0 Å². The van der Waals surface area contributed by atoms with E-state index >= 15 is 0 Å². The van der Waals surface area contributed by atoms with Gasteiger partial charge in [0.05, 0.1) is 30.8 Å². The second-order valence-electron chi connectivity index (χ2n) is 5.79. The number of carbonyl (C=O) groups excluding carboxylic acids is 1. The first kappa shape index (κ1) is 16.6. The zero-order valence-corrected chi connectivity index (χ0v) is 14.2. The van der Waals surface area contributed by atoms with E-state index in [4.69, 9.17) is 0 Å². The summed E-state index contributed by atoms with van der Waals surface area (Å²) < 4.78 is 1.93. The Hall–Kier alpha value is -3.22. The molecule has 0 spiro atoms. The maximum atomic E-state index is 12.4. The van der Waals surface area contributed by atoms with Crippen LogP contribution in [0.25, 0.3) is 5.69 Å². The van der Waals surface area contributed by atoms with Gasteiger partial charge in [-0.1, -0.05) is 12.1 Å². The average molecular weight is 336 g/mol. The van der Waals surface area contributed by atoms with Gasteiger partial charge in [-0.3, -0.25) is 9.97 Å². The number of aromatic nitrogens is 4. The number of nitrogens with one attached hydrogen (secondary N) is 1. The smallest absolute Gasteiger partial charge is 0.317 e. The van der Waals surface area contributed by atoms with Crippen LogP contribution in [0, 0.1) is 0 Å². The average Bonchev–Trinajstić information content (AvgIpc) is 3.17. The van der Waals surface area contributed by atoms with Gasteiger partial charge in [0.25, 0.3) is 0 Å². The van der Waals surface area contributed by atoms with Gasteiger partial charge in [0.2, 0.25) is 0 Å². The lowest BCUT2D eigenvalue weighted by atomic mass is 10.1. The Morgan fingerprint density at radius 2 is 2.16 bits per heavy atom. The monoisotopic (exact) mass is 336 g/mol. The van der Waals surface area contributed by atoms with E-state index in [-0.39, 0.29) is 12.1 Å². The van der Waals surface area contributed by atoms with E-state index in [0.717, 1.165) is 16.9 Å². The molecule has 0 bridgehead atoms. The van der Waals surface area contributed by atoms with Crippen LogP contribution in [0.1, 0.15) is 24.2 Å². The Kier molecular flexibility index (Phi) is 5.03. The number of nitrogens with zero attached hydrogens (tertiary/aromatic N) is 5. The van der Waals surface area contributed by atoms with Gasteiger partial charge in [0.15, 0.2) is 0 Å². The van der Waals surface area contributed by atoms with E-state index in [1.165, 1.54) is 0 Å². The van der Waals surface area contributed by atoms with Crippen LogP contribution in [-0.4, -0.2) is 37.5 Å². The zero-order valence-electron chi connectivity index (χ0n) is 14.2. The number of benzene rings is 1. The first-order valence-corrected chi connectivity index (χ1v) is 7.98. The van der Waals surface area contributed by atoms with Crippen LogP contribution in [0.3, 0.4) is 0 Å².